The highest BCUT2D eigenvalue weighted by Gasteiger charge is 2.14. The van der Waals surface area contributed by atoms with Crippen LogP contribution in [-0.2, 0) is 11.3 Å². The number of amides is 1. The molecule has 1 amide bonds. The number of morpholine rings is 1. The lowest BCUT2D eigenvalue weighted by atomic mass is 10.1. The Morgan fingerprint density at radius 3 is 2.71 bits per heavy atom. The molecule has 1 N–H and O–H groups in total. The van der Waals surface area contributed by atoms with Crippen LogP contribution in [0.4, 0.5) is 0 Å². The number of hydrogen-bond acceptors (Lipinski definition) is 5. The topological polar surface area (TPSA) is 63.2 Å². The van der Waals surface area contributed by atoms with Crippen molar-refractivity contribution in [3.8, 4) is 5.75 Å². The third-order valence-corrected chi connectivity index (χ3v) is 4.84. The predicted molar refractivity (Wildman–Crippen MR) is 110 cm³/mol. The summed E-state index contributed by atoms with van der Waals surface area (Å²) in [5.41, 5.74) is 5.77. The van der Waals surface area contributed by atoms with Gasteiger partial charge in [-0.1, -0.05) is 17.7 Å². The van der Waals surface area contributed by atoms with Crippen molar-refractivity contribution in [3.05, 3.63) is 64.2 Å². The molecule has 0 aromatic heterocycles. The fraction of sp³-hybridized carbons (Fsp3) is 0.333. The Bertz CT molecular complexity index is 864. The molecule has 2 aromatic carbocycles. The molecule has 1 aliphatic rings. The van der Waals surface area contributed by atoms with Crippen molar-refractivity contribution in [3.63, 3.8) is 0 Å². The second-order valence-corrected chi connectivity index (χ2v) is 7.00. The number of nitrogens with zero attached hydrogens (tertiary/aromatic N) is 2. The summed E-state index contributed by atoms with van der Waals surface area (Å²) in [6.45, 7) is 5.93. The second-order valence-electron chi connectivity index (χ2n) is 6.56. The zero-order valence-corrected chi connectivity index (χ0v) is 16.8. The lowest BCUT2D eigenvalue weighted by Gasteiger charge is -2.27. The highest BCUT2D eigenvalue weighted by Crippen LogP contribution is 2.22. The number of ether oxygens (including phenoxy) is 2. The van der Waals surface area contributed by atoms with Gasteiger partial charge in [-0.2, -0.15) is 5.10 Å². The van der Waals surface area contributed by atoms with Crippen LogP contribution in [0.5, 0.6) is 5.75 Å². The van der Waals surface area contributed by atoms with E-state index in [4.69, 9.17) is 21.1 Å². The lowest BCUT2D eigenvalue weighted by Crippen LogP contribution is -2.35. The molecule has 1 fully saturated rings. The van der Waals surface area contributed by atoms with Gasteiger partial charge in [-0.3, -0.25) is 9.69 Å². The molecule has 148 valence electrons. The number of hydrogen-bond donors (Lipinski definition) is 1. The van der Waals surface area contributed by atoms with Crippen LogP contribution in [-0.4, -0.2) is 49.9 Å². The van der Waals surface area contributed by atoms with E-state index in [1.54, 1.807) is 31.4 Å². The number of carbonyl (C=O) groups excluding carboxylic acids is 1. The number of hydrazone groups is 1. The minimum Gasteiger partial charge on any atom is -0.496 e. The largest absolute Gasteiger partial charge is 0.496 e. The minimum absolute atomic E-state index is 0.302. The van der Waals surface area contributed by atoms with Crippen molar-refractivity contribution < 1.29 is 14.3 Å². The Kier molecular flexibility index (Phi) is 7.03. The Morgan fingerprint density at radius 1 is 1.21 bits per heavy atom. The normalized spacial score (nSPS) is 15.3. The van der Waals surface area contributed by atoms with Gasteiger partial charge in [0.1, 0.15) is 5.75 Å². The van der Waals surface area contributed by atoms with Crippen LogP contribution >= 0.6 is 11.6 Å². The Hall–Kier alpha value is -2.41. The van der Waals surface area contributed by atoms with Crippen molar-refractivity contribution >= 4 is 23.2 Å². The Labute approximate surface area is 170 Å². The minimum atomic E-state index is -0.302. The summed E-state index contributed by atoms with van der Waals surface area (Å²) in [5, 5.41) is 4.75. The first kappa shape index (κ1) is 20.3. The van der Waals surface area contributed by atoms with Gasteiger partial charge in [-0.25, -0.2) is 5.43 Å². The van der Waals surface area contributed by atoms with Crippen LogP contribution in [0.15, 0.2) is 47.6 Å². The number of nitrogens with one attached hydrogen (secondary N) is 1. The molecule has 0 saturated carbocycles. The third kappa shape index (κ3) is 5.32. The second kappa shape index (κ2) is 9.68. The number of carbonyl (C=O) groups is 1. The molecule has 6 nitrogen and oxygen atoms in total. The maximum Gasteiger partial charge on any atom is 0.271 e. The van der Waals surface area contributed by atoms with E-state index in [2.05, 4.69) is 21.5 Å². The van der Waals surface area contributed by atoms with Gasteiger partial charge in [0.2, 0.25) is 0 Å². The molecule has 28 heavy (non-hydrogen) atoms. The van der Waals surface area contributed by atoms with Gasteiger partial charge in [0.05, 0.1) is 26.0 Å². The zero-order valence-electron chi connectivity index (χ0n) is 16.1. The molecule has 0 atom stereocenters. The van der Waals surface area contributed by atoms with Crippen LogP contribution in [0.1, 0.15) is 28.4 Å². The summed E-state index contributed by atoms with van der Waals surface area (Å²) in [6, 6.07) is 12.7. The quantitative estimate of drug-likeness (QED) is 0.595. The van der Waals surface area contributed by atoms with Crippen LogP contribution < -0.4 is 10.2 Å². The molecule has 0 unspecified atom stereocenters. The highest BCUT2D eigenvalue weighted by atomic mass is 35.5. The third-order valence-electron chi connectivity index (χ3n) is 4.61. The van der Waals surface area contributed by atoms with Crippen molar-refractivity contribution in [2.24, 2.45) is 5.10 Å². The number of halogens is 1. The van der Waals surface area contributed by atoms with Gasteiger partial charge in [0, 0.05) is 35.8 Å². The molecule has 0 aliphatic carbocycles. The van der Waals surface area contributed by atoms with Crippen LogP contribution in [0.25, 0.3) is 0 Å². The predicted octanol–water partition coefficient (Wildman–Crippen LogP) is 3.33. The van der Waals surface area contributed by atoms with Crippen LogP contribution in [0, 0.1) is 0 Å². The summed E-state index contributed by atoms with van der Waals surface area (Å²) >= 11 is 5.93. The average molecular weight is 402 g/mol. The first-order valence-electron chi connectivity index (χ1n) is 9.14. The van der Waals surface area contributed by atoms with E-state index in [9.17, 15) is 4.79 Å². The molecule has 0 bridgehead atoms. The monoisotopic (exact) mass is 401 g/mol. The van der Waals surface area contributed by atoms with Gasteiger partial charge in [0.15, 0.2) is 0 Å². The van der Waals surface area contributed by atoms with E-state index in [-0.39, 0.29) is 5.91 Å². The molecule has 3 rings (SSSR count). The van der Waals surface area contributed by atoms with E-state index < -0.39 is 0 Å². The van der Waals surface area contributed by atoms with Crippen molar-refractivity contribution in [1.82, 2.24) is 10.3 Å². The Balaban J connectivity index is 1.73. The summed E-state index contributed by atoms with van der Waals surface area (Å²) in [6.07, 6.45) is 0. The number of methoxy groups -OCH3 is 1. The molecular formula is C21H24ClN3O3. The zero-order chi connectivity index (χ0) is 19.9. The van der Waals surface area contributed by atoms with Crippen molar-refractivity contribution in [1.29, 1.82) is 0 Å². The van der Waals surface area contributed by atoms with Gasteiger partial charge < -0.3 is 9.47 Å². The first-order chi connectivity index (χ1) is 13.6. The van der Waals surface area contributed by atoms with E-state index in [0.29, 0.717) is 16.3 Å². The van der Waals surface area contributed by atoms with Crippen molar-refractivity contribution in [2.45, 2.75) is 13.5 Å². The highest BCUT2D eigenvalue weighted by molar-refractivity contribution is 6.30. The molecule has 0 radical (unpaired) electrons. The standard InChI is InChI=1S/C21H24ClN3O3/c1-15(23-24-21(26)17-4-3-5-19(22)13-17)16-6-7-20(27-2)18(12-16)14-25-8-10-28-11-9-25/h3-7,12-13H,8-11,14H2,1-2H3,(H,24,26)/b23-15-. The molecule has 0 spiro atoms. The molecule has 7 heteroatoms. The molecule has 1 heterocycles. The van der Waals surface area contributed by atoms with Gasteiger partial charge in [-0.15, -0.1) is 0 Å². The van der Waals surface area contributed by atoms with Gasteiger partial charge >= 0.3 is 0 Å². The van der Waals surface area contributed by atoms with E-state index in [1.165, 1.54) is 0 Å². The molecule has 1 saturated heterocycles. The van der Waals surface area contributed by atoms with E-state index in [0.717, 1.165) is 49.7 Å². The number of benzene rings is 2. The average Bonchev–Trinajstić information content (AvgIpc) is 2.72. The summed E-state index contributed by atoms with van der Waals surface area (Å²) in [7, 11) is 1.67. The fourth-order valence-electron chi connectivity index (χ4n) is 3.02. The maximum atomic E-state index is 12.2. The lowest BCUT2D eigenvalue weighted by molar-refractivity contribution is 0.0339. The smallest absolute Gasteiger partial charge is 0.271 e. The van der Waals surface area contributed by atoms with Gasteiger partial charge in [0.25, 0.3) is 5.91 Å². The molecule has 1 aliphatic heterocycles. The number of rotatable bonds is 6. The maximum absolute atomic E-state index is 12.2. The van der Waals surface area contributed by atoms with Crippen LogP contribution in [0.2, 0.25) is 5.02 Å². The first-order valence-corrected chi connectivity index (χ1v) is 9.52. The van der Waals surface area contributed by atoms with Crippen LogP contribution in [0.3, 0.4) is 0 Å². The molecule has 2 aromatic rings. The Morgan fingerprint density at radius 2 is 2.00 bits per heavy atom. The summed E-state index contributed by atoms with van der Waals surface area (Å²) in [5.74, 6) is 0.537. The van der Waals surface area contributed by atoms with Gasteiger partial charge in [-0.05, 0) is 48.9 Å². The summed E-state index contributed by atoms with van der Waals surface area (Å²) < 4.78 is 10.9. The van der Waals surface area contributed by atoms with E-state index >= 15 is 0 Å². The van der Waals surface area contributed by atoms with Crippen molar-refractivity contribution in [2.75, 3.05) is 33.4 Å². The van der Waals surface area contributed by atoms with E-state index in [1.807, 2.05) is 19.1 Å². The summed E-state index contributed by atoms with van der Waals surface area (Å²) in [4.78, 5) is 14.6. The SMILES string of the molecule is COc1ccc(/C(C)=N\NC(=O)c2cccc(Cl)c2)cc1CN1CCOCC1. The fourth-order valence-corrected chi connectivity index (χ4v) is 3.21. The molecular weight excluding hydrogens is 378 g/mol.